The summed E-state index contributed by atoms with van der Waals surface area (Å²) in [6.45, 7) is 0. The fourth-order valence-corrected chi connectivity index (χ4v) is 1.91. The highest BCUT2D eigenvalue weighted by Crippen LogP contribution is 2.32. The van der Waals surface area contributed by atoms with Gasteiger partial charge in [-0.3, -0.25) is 4.79 Å². The molecule has 3 rings (SSSR count). The summed E-state index contributed by atoms with van der Waals surface area (Å²) in [5.41, 5.74) is 0.526. The molecular formula is C15H9O4. The Bertz CT molecular complexity index is 803. The van der Waals surface area contributed by atoms with E-state index in [1.54, 1.807) is 0 Å². The van der Waals surface area contributed by atoms with E-state index in [2.05, 4.69) is 6.07 Å². The maximum absolute atomic E-state index is 12.0. The maximum atomic E-state index is 12.0. The minimum absolute atomic E-state index is 0.0454. The van der Waals surface area contributed by atoms with Crippen LogP contribution in [0.1, 0.15) is 0 Å². The van der Waals surface area contributed by atoms with Gasteiger partial charge in [-0.15, -0.1) is 0 Å². The zero-order valence-corrected chi connectivity index (χ0v) is 9.75. The van der Waals surface area contributed by atoms with Gasteiger partial charge in [0.2, 0.25) is 0 Å². The Morgan fingerprint density at radius 1 is 1.11 bits per heavy atom. The van der Waals surface area contributed by atoms with Gasteiger partial charge < -0.3 is 14.6 Å². The van der Waals surface area contributed by atoms with Crippen LogP contribution in [0.25, 0.3) is 22.3 Å². The fourth-order valence-electron chi connectivity index (χ4n) is 1.91. The lowest BCUT2D eigenvalue weighted by Crippen LogP contribution is -2.00. The predicted molar refractivity (Wildman–Crippen MR) is 70.1 cm³/mol. The second kappa shape index (κ2) is 4.17. The van der Waals surface area contributed by atoms with Gasteiger partial charge >= 0.3 is 0 Å². The van der Waals surface area contributed by atoms with Crippen LogP contribution >= 0.6 is 0 Å². The third-order valence-corrected chi connectivity index (χ3v) is 2.83. The Kier molecular flexibility index (Phi) is 2.49. The Morgan fingerprint density at radius 2 is 1.84 bits per heavy atom. The van der Waals surface area contributed by atoms with Gasteiger partial charge in [0.25, 0.3) is 0 Å². The van der Waals surface area contributed by atoms with E-state index in [1.165, 1.54) is 12.1 Å². The molecule has 2 aromatic carbocycles. The molecule has 4 heteroatoms. The normalized spacial score (nSPS) is 10.7. The van der Waals surface area contributed by atoms with E-state index in [9.17, 15) is 15.0 Å². The summed E-state index contributed by atoms with van der Waals surface area (Å²) >= 11 is 0. The minimum Gasteiger partial charge on any atom is -0.504 e. The molecule has 0 bridgehead atoms. The van der Waals surface area contributed by atoms with E-state index < -0.39 is 16.9 Å². The van der Waals surface area contributed by atoms with Crippen molar-refractivity contribution >= 4 is 11.0 Å². The average molecular weight is 253 g/mol. The van der Waals surface area contributed by atoms with Gasteiger partial charge in [0.1, 0.15) is 16.7 Å². The van der Waals surface area contributed by atoms with Gasteiger partial charge in [0.15, 0.2) is 16.9 Å². The highest BCUT2D eigenvalue weighted by atomic mass is 16.3. The third-order valence-electron chi connectivity index (χ3n) is 2.83. The molecule has 0 aliphatic carbocycles. The molecule has 4 nitrogen and oxygen atoms in total. The van der Waals surface area contributed by atoms with Crippen LogP contribution in [-0.4, -0.2) is 10.2 Å². The van der Waals surface area contributed by atoms with Crippen molar-refractivity contribution in [3.05, 3.63) is 58.8 Å². The largest absolute Gasteiger partial charge is 0.504 e. The topological polar surface area (TPSA) is 70.7 Å². The van der Waals surface area contributed by atoms with Gasteiger partial charge in [0, 0.05) is 17.7 Å². The van der Waals surface area contributed by atoms with Crippen molar-refractivity contribution in [2.24, 2.45) is 0 Å². The molecule has 0 atom stereocenters. The number of hydrogen-bond acceptors (Lipinski definition) is 4. The molecule has 0 aliphatic rings. The van der Waals surface area contributed by atoms with E-state index in [4.69, 9.17) is 4.42 Å². The average Bonchev–Trinajstić information content (AvgIpc) is 2.43. The molecule has 19 heavy (non-hydrogen) atoms. The molecule has 0 saturated carbocycles. The SMILES string of the molecule is O=c1cc(-c2ccccc2)oc2c[c]c(O)c(O)c12. The molecule has 2 N–H and O–H groups in total. The molecular weight excluding hydrogens is 244 g/mol. The summed E-state index contributed by atoms with van der Waals surface area (Å²) in [5.74, 6) is -0.574. The van der Waals surface area contributed by atoms with Gasteiger partial charge in [-0.2, -0.15) is 0 Å². The van der Waals surface area contributed by atoms with Crippen LogP contribution in [0.4, 0.5) is 0 Å². The molecule has 0 amide bonds. The minimum atomic E-state index is -0.508. The van der Waals surface area contributed by atoms with Crippen LogP contribution in [0.2, 0.25) is 0 Å². The second-order valence-corrected chi connectivity index (χ2v) is 4.07. The number of rotatable bonds is 1. The lowest BCUT2D eigenvalue weighted by molar-refractivity contribution is 0.406. The number of phenolic OH excluding ortho intramolecular Hbond substituents is 2. The molecule has 1 heterocycles. The Hall–Kier alpha value is -2.75. The van der Waals surface area contributed by atoms with Crippen LogP contribution in [-0.2, 0) is 0 Å². The van der Waals surface area contributed by atoms with Crippen molar-refractivity contribution in [3.8, 4) is 22.8 Å². The molecule has 1 aromatic heterocycles. The summed E-state index contributed by atoms with van der Waals surface area (Å²) in [7, 11) is 0. The van der Waals surface area contributed by atoms with E-state index in [-0.39, 0.29) is 11.0 Å². The van der Waals surface area contributed by atoms with Gasteiger partial charge in [-0.25, -0.2) is 0 Å². The first-order valence-corrected chi connectivity index (χ1v) is 5.62. The number of benzene rings is 2. The summed E-state index contributed by atoms with van der Waals surface area (Å²) in [4.78, 5) is 12.0. The quantitative estimate of drug-likeness (QED) is 0.654. The number of aromatic hydroxyl groups is 2. The van der Waals surface area contributed by atoms with Crippen LogP contribution in [0.15, 0.2) is 51.7 Å². The fraction of sp³-hybridized carbons (Fsp3) is 0. The first-order chi connectivity index (χ1) is 9.16. The Morgan fingerprint density at radius 3 is 2.58 bits per heavy atom. The molecule has 93 valence electrons. The lowest BCUT2D eigenvalue weighted by atomic mass is 10.1. The number of fused-ring (bicyclic) bond motifs is 1. The van der Waals surface area contributed by atoms with Crippen molar-refractivity contribution in [1.29, 1.82) is 0 Å². The van der Waals surface area contributed by atoms with Crippen molar-refractivity contribution in [1.82, 2.24) is 0 Å². The Balaban J connectivity index is 2.33. The van der Waals surface area contributed by atoms with E-state index in [0.717, 1.165) is 5.56 Å². The molecule has 0 spiro atoms. The first-order valence-electron chi connectivity index (χ1n) is 5.62. The standard InChI is InChI=1S/C15H9O4/c16-10-6-7-12-14(15(10)18)11(17)8-13(19-12)9-4-2-1-3-5-9/h1-5,7-8,16,18H. The molecule has 3 aromatic rings. The van der Waals surface area contributed by atoms with Crippen LogP contribution in [0.5, 0.6) is 11.5 Å². The maximum Gasteiger partial charge on any atom is 0.197 e. The van der Waals surface area contributed by atoms with Crippen LogP contribution in [0.3, 0.4) is 0 Å². The number of hydrogen-bond donors (Lipinski definition) is 2. The van der Waals surface area contributed by atoms with Gasteiger partial charge in [-0.1, -0.05) is 30.3 Å². The van der Waals surface area contributed by atoms with Gasteiger partial charge in [-0.05, 0) is 6.07 Å². The first kappa shape index (κ1) is 11.3. The van der Waals surface area contributed by atoms with E-state index in [1.807, 2.05) is 30.3 Å². The lowest BCUT2D eigenvalue weighted by Gasteiger charge is -2.05. The smallest absolute Gasteiger partial charge is 0.197 e. The predicted octanol–water partition coefficient (Wildman–Crippen LogP) is 2.67. The van der Waals surface area contributed by atoms with Crippen LogP contribution in [0, 0.1) is 6.07 Å². The summed E-state index contributed by atoms with van der Waals surface area (Å²) in [5, 5.41) is 19.0. The molecule has 0 fully saturated rings. The zero-order valence-electron chi connectivity index (χ0n) is 9.75. The van der Waals surface area contributed by atoms with Crippen molar-refractivity contribution in [3.63, 3.8) is 0 Å². The van der Waals surface area contributed by atoms with Crippen molar-refractivity contribution in [2.75, 3.05) is 0 Å². The molecule has 0 saturated heterocycles. The molecule has 0 unspecified atom stereocenters. The number of phenols is 2. The van der Waals surface area contributed by atoms with Crippen molar-refractivity contribution in [2.45, 2.75) is 0 Å². The van der Waals surface area contributed by atoms with E-state index >= 15 is 0 Å². The summed E-state index contributed by atoms with van der Waals surface area (Å²) in [6.07, 6.45) is 0. The highest BCUT2D eigenvalue weighted by Gasteiger charge is 2.13. The third kappa shape index (κ3) is 1.83. The second-order valence-electron chi connectivity index (χ2n) is 4.07. The summed E-state index contributed by atoms with van der Waals surface area (Å²) < 4.78 is 5.56. The van der Waals surface area contributed by atoms with Crippen LogP contribution < -0.4 is 5.43 Å². The van der Waals surface area contributed by atoms with Crippen molar-refractivity contribution < 1.29 is 14.6 Å². The van der Waals surface area contributed by atoms with E-state index in [0.29, 0.717) is 5.76 Å². The molecule has 1 radical (unpaired) electrons. The Labute approximate surface area is 108 Å². The monoisotopic (exact) mass is 253 g/mol. The zero-order chi connectivity index (χ0) is 13.4. The molecule has 0 aliphatic heterocycles. The highest BCUT2D eigenvalue weighted by molar-refractivity contribution is 5.86. The summed E-state index contributed by atoms with van der Waals surface area (Å²) in [6, 6.07) is 14.2. The van der Waals surface area contributed by atoms with Gasteiger partial charge in [0.05, 0.1) is 0 Å².